The highest BCUT2D eigenvalue weighted by Gasteiger charge is 2.17. The van der Waals surface area contributed by atoms with Crippen LogP contribution in [0.25, 0.3) is 0 Å². The second kappa shape index (κ2) is 5.15. The molecule has 0 spiro atoms. The van der Waals surface area contributed by atoms with Gasteiger partial charge in [0.15, 0.2) is 0 Å². The number of esters is 1. The molecule has 0 aliphatic rings. The highest BCUT2D eigenvalue weighted by molar-refractivity contribution is 7.89. The molecule has 0 fully saturated rings. The van der Waals surface area contributed by atoms with Crippen LogP contribution in [0.15, 0.2) is 0 Å². The van der Waals surface area contributed by atoms with Crippen LogP contribution < -0.4 is 10.5 Å². The monoisotopic (exact) mass is 210 g/mol. The van der Waals surface area contributed by atoms with Crippen LogP contribution >= 0.6 is 0 Å². The molecule has 13 heavy (non-hydrogen) atoms. The Morgan fingerprint density at radius 2 is 2.15 bits per heavy atom. The zero-order chi connectivity index (χ0) is 10.5. The first kappa shape index (κ1) is 12.3. The van der Waals surface area contributed by atoms with E-state index in [9.17, 15) is 13.2 Å². The molecule has 0 aromatic heterocycles. The third kappa shape index (κ3) is 4.81. The van der Waals surface area contributed by atoms with Gasteiger partial charge in [0.2, 0.25) is 10.0 Å². The molecule has 0 amide bonds. The molecule has 0 aromatic carbocycles. The first-order valence-corrected chi connectivity index (χ1v) is 5.33. The van der Waals surface area contributed by atoms with E-state index in [0.717, 1.165) is 0 Å². The lowest BCUT2D eigenvalue weighted by atomic mass is 10.2. The van der Waals surface area contributed by atoms with Crippen molar-refractivity contribution in [3.8, 4) is 0 Å². The van der Waals surface area contributed by atoms with Crippen LogP contribution in [0.4, 0.5) is 0 Å². The topological polar surface area (TPSA) is 98.5 Å². The first-order valence-electron chi connectivity index (χ1n) is 3.67. The summed E-state index contributed by atoms with van der Waals surface area (Å²) < 4.78 is 28.2. The average molecular weight is 210 g/mol. The van der Waals surface area contributed by atoms with E-state index < -0.39 is 22.0 Å². The van der Waals surface area contributed by atoms with Crippen LogP contribution in [-0.4, -0.2) is 40.3 Å². The highest BCUT2D eigenvalue weighted by Crippen LogP contribution is 1.95. The van der Waals surface area contributed by atoms with Gasteiger partial charge in [0.05, 0.1) is 12.9 Å². The summed E-state index contributed by atoms with van der Waals surface area (Å²) in [6, 6.07) is -0.881. The van der Waals surface area contributed by atoms with Gasteiger partial charge in [0.1, 0.15) is 6.04 Å². The van der Waals surface area contributed by atoms with Crippen LogP contribution in [0, 0.1) is 0 Å². The molecule has 78 valence electrons. The largest absolute Gasteiger partial charge is 0.468 e. The van der Waals surface area contributed by atoms with E-state index in [1.807, 2.05) is 0 Å². The summed E-state index contributed by atoms with van der Waals surface area (Å²) in [5.74, 6) is -0.786. The molecule has 0 saturated heterocycles. The van der Waals surface area contributed by atoms with Crippen LogP contribution in [0.2, 0.25) is 0 Å². The number of carbonyl (C=O) groups excluding carboxylic acids is 1. The predicted molar refractivity (Wildman–Crippen MR) is 47.5 cm³/mol. The summed E-state index contributed by atoms with van der Waals surface area (Å²) >= 11 is 0. The Morgan fingerprint density at radius 3 is 2.54 bits per heavy atom. The minimum absolute atomic E-state index is 0.0514. The van der Waals surface area contributed by atoms with E-state index >= 15 is 0 Å². The van der Waals surface area contributed by atoms with E-state index in [4.69, 9.17) is 5.73 Å². The average Bonchev–Trinajstić information content (AvgIpc) is 2.13. The molecular weight excluding hydrogens is 196 g/mol. The van der Waals surface area contributed by atoms with Crippen LogP contribution in [0.3, 0.4) is 0 Å². The zero-order valence-corrected chi connectivity index (χ0v) is 8.43. The van der Waals surface area contributed by atoms with Crippen molar-refractivity contribution in [2.45, 2.75) is 12.5 Å². The fourth-order valence-electron chi connectivity index (χ4n) is 0.653. The number of ether oxygens (including phenoxy) is 1. The lowest BCUT2D eigenvalue weighted by Gasteiger charge is -2.08. The summed E-state index contributed by atoms with van der Waals surface area (Å²) in [5.41, 5.74) is 5.32. The predicted octanol–water partition coefficient (Wildman–Crippen LogP) is -1.57. The number of methoxy groups -OCH3 is 1. The molecule has 0 heterocycles. The molecule has 0 bridgehead atoms. The maximum atomic E-state index is 10.9. The molecule has 0 saturated carbocycles. The van der Waals surface area contributed by atoms with Crippen LogP contribution in [0.1, 0.15) is 6.42 Å². The number of hydrogen-bond acceptors (Lipinski definition) is 5. The number of carbonyl (C=O) groups is 1. The van der Waals surface area contributed by atoms with Crippen LogP contribution in [0.5, 0.6) is 0 Å². The van der Waals surface area contributed by atoms with E-state index in [1.165, 1.54) is 14.2 Å². The van der Waals surface area contributed by atoms with Crippen molar-refractivity contribution in [2.24, 2.45) is 5.73 Å². The van der Waals surface area contributed by atoms with Gasteiger partial charge in [-0.1, -0.05) is 0 Å². The quantitative estimate of drug-likeness (QED) is 0.534. The van der Waals surface area contributed by atoms with Gasteiger partial charge in [0.25, 0.3) is 0 Å². The van der Waals surface area contributed by atoms with Gasteiger partial charge in [-0.15, -0.1) is 0 Å². The maximum absolute atomic E-state index is 10.9. The Bertz CT molecular complexity index is 262. The highest BCUT2D eigenvalue weighted by atomic mass is 32.2. The van der Waals surface area contributed by atoms with E-state index in [2.05, 4.69) is 9.46 Å². The SMILES string of the molecule is CNS(=O)(=O)CC[C@@H](N)C(=O)OC. The van der Waals surface area contributed by atoms with E-state index in [-0.39, 0.29) is 12.2 Å². The van der Waals surface area contributed by atoms with E-state index in [1.54, 1.807) is 0 Å². The van der Waals surface area contributed by atoms with Gasteiger partial charge >= 0.3 is 5.97 Å². The Balaban J connectivity index is 3.97. The lowest BCUT2D eigenvalue weighted by molar-refractivity contribution is -0.142. The second-order valence-electron chi connectivity index (χ2n) is 2.44. The van der Waals surface area contributed by atoms with Crippen molar-refractivity contribution < 1.29 is 17.9 Å². The zero-order valence-electron chi connectivity index (χ0n) is 7.61. The minimum Gasteiger partial charge on any atom is -0.468 e. The Labute approximate surface area is 77.5 Å². The van der Waals surface area contributed by atoms with Crippen molar-refractivity contribution in [2.75, 3.05) is 19.9 Å². The molecule has 1 atom stereocenters. The maximum Gasteiger partial charge on any atom is 0.322 e. The minimum atomic E-state index is -3.29. The Hall–Kier alpha value is -0.660. The molecule has 0 rings (SSSR count). The third-order valence-corrected chi connectivity index (χ3v) is 2.91. The third-order valence-electron chi connectivity index (χ3n) is 1.51. The number of sulfonamides is 1. The first-order chi connectivity index (χ1) is 5.93. The summed E-state index contributed by atoms with van der Waals surface area (Å²) in [7, 11) is -0.786. The lowest BCUT2D eigenvalue weighted by Crippen LogP contribution is -2.35. The molecular formula is C6H14N2O4S. The fraction of sp³-hybridized carbons (Fsp3) is 0.833. The van der Waals surface area contributed by atoms with Crippen molar-refractivity contribution in [3.63, 3.8) is 0 Å². The van der Waals surface area contributed by atoms with Gasteiger partial charge in [-0.05, 0) is 13.5 Å². The molecule has 3 N–H and O–H groups in total. The normalized spacial score (nSPS) is 13.8. The second-order valence-corrected chi connectivity index (χ2v) is 4.49. The Morgan fingerprint density at radius 1 is 1.62 bits per heavy atom. The van der Waals surface area contributed by atoms with Crippen LogP contribution in [-0.2, 0) is 19.6 Å². The summed E-state index contributed by atoms with van der Waals surface area (Å²) in [4.78, 5) is 10.8. The summed E-state index contributed by atoms with van der Waals surface area (Å²) in [6.07, 6.45) is 0.0514. The molecule has 0 unspecified atom stereocenters. The molecule has 0 aliphatic heterocycles. The van der Waals surface area contributed by atoms with E-state index in [0.29, 0.717) is 0 Å². The molecule has 0 aromatic rings. The number of nitrogens with one attached hydrogen (secondary N) is 1. The van der Waals surface area contributed by atoms with Crippen molar-refractivity contribution >= 4 is 16.0 Å². The van der Waals surface area contributed by atoms with Crippen molar-refractivity contribution in [1.29, 1.82) is 0 Å². The smallest absolute Gasteiger partial charge is 0.322 e. The van der Waals surface area contributed by atoms with Crippen molar-refractivity contribution in [3.05, 3.63) is 0 Å². The molecule has 0 aliphatic carbocycles. The summed E-state index contributed by atoms with van der Waals surface area (Å²) in [6.45, 7) is 0. The van der Waals surface area contributed by atoms with Crippen molar-refractivity contribution in [1.82, 2.24) is 4.72 Å². The van der Waals surface area contributed by atoms with Gasteiger partial charge < -0.3 is 10.5 Å². The van der Waals surface area contributed by atoms with Gasteiger partial charge in [-0.25, -0.2) is 13.1 Å². The summed E-state index contributed by atoms with van der Waals surface area (Å²) in [5, 5.41) is 0. The molecule has 7 heteroatoms. The number of rotatable bonds is 5. The van der Waals surface area contributed by atoms with Gasteiger partial charge in [-0.3, -0.25) is 4.79 Å². The number of hydrogen-bond donors (Lipinski definition) is 2. The Kier molecular flexibility index (Phi) is 4.89. The van der Waals surface area contributed by atoms with Gasteiger partial charge in [-0.2, -0.15) is 0 Å². The standard InChI is InChI=1S/C6H14N2O4S/c1-8-13(10,11)4-3-5(7)6(9)12-2/h5,8H,3-4,7H2,1-2H3/t5-/m1/s1. The number of nitrogens with two attached hydrogens (primary N) is 1. The van der Waals surface area contributed by atoms with Gasteiger partial charge in [0, 0.05) is 0 Å². The fourth-order valence-corrected chi connectivity index (χ4v) is 1.42. The molecule has 6 nitrogen and oxygen atoms in total. The molecule has 0 radical (unpaired) electrons.